The molecule has 1 aromatic carbocycles. The van der Waals surface area contributed by atoms with Crippen LogP contribution in [0.2, 0.25) is 0 Å². The summed E-state index contributed by atoms with van der Waals surface area (Å²) >= 11 is 0. The summed E-state index contributed by atoms with van der Waals surface area (Å²) in [4.78, 5) is 26.7. The highest BCUT2D eigenvalue weighted by Crippen LogP contribution is 2.28. The monoisotopic (exact) mass is 346 g/mol. The Labute approximate surface area is 148 Å². The maximum Gasteiger partial charge on any atom is 0.225 e. The van der Waals surface area contributed by atoms with Crippen LogP contribution < -0.4 is 5.32 Å². The fraction of sp³-hybridized carbons (Fsp3) is 0.600. The molecule has 25 heavy (non-hydrogen) atoms. The quantitative estimate of drug-likeness (QED) is 0.910. The van der Waals surface area contributed by atoms with Crippen LogP contribution in [0.25, 0.3) is 0 Å². The molecule has 5 heteroatoms. The second-order valence-corrected chi connectivity index (χ2v) is 7.38. The topological polar surface area (TPSA) is 49.4 Å². The van der Waals surface area contributed by atoms with E-state index in [0.717, 1.165) is 31.2 Å². The summed E-state index contributed by atoms with van der Waals surface area (Å²) in [5.74, 6) is 0.204. The zero-order chi connectivity index (χ0) is 17.8. The van der Waals surface area contributed by atoms with Crippen molar-refractivity contribution in [2.75, 3.05) is 13.1 Å². The lowest BCUT2D eigenvalue weighted by Gasteiger charge is -2.33. The Morgan fingerprint density at radius 2 is 1.80 bits per heavy atom. The van der Waals surface area contributed by atoms with Gasteiger partial charge >= 0.3 is 0 Å². The summed E-state index contributed by atoms with van der Waals surface area (Å²) in [5.41, 5.74) is 1.37. The number of likely N-dealkylation sites (tertiary alicyclic amines) is 1. The van der Waals surface area contributed by atoms with E-state index in [1.54, 1.807) is 13.0 Å². The molecule has 0 bridgehead atoms. The molecule has 1 saturated heterocycles. The van der Waals surface area contributed by atoms with Crippen molar-refractivity contribution < 1.29 is 14.0 Å². The molecule has 1 N–H and O–H groups in total. The molecule has 136 valence electrons. The minimum atomic E-state index is -0.245. The number of nitrogens with zero attached hydrogens (tertiary/aromatic N) is 1. The lowest BCUT2D eigenvalue weighted by molar-refractivity contribution is -0.139. The number of carbonyl (C=O) groups excluding carboxylic acids is 2. The maximum atomic E-state index is 13.6. The molecule has 1 saturated carbocycles. The van der Waals surface area contributed by atoms with Gasteiger partial charge in [-0.3, -0.25) is 9.59 Å². The van der Waals surface area contributed by atoms with Gasteiger partial charge in [-0.2, -0.15) is 0 Å². The van der Waals surface area contributed by atoms with E-state index in [1.807, 2.05) is 11.0 Å². The van der Waals surface area contributed by atoms with Crippen molar-refractivity contribution in [2.45, 2.75) is 52.0 Å². The Bertz CT molecular complexity index is 633. The minimum Gasteiger partial charge on any atom is -0.352 e. The van der Waals surface area contributed by atoms with E-state index in [1.165, 1.54) is 6.07 Å². The number of piperidine rings is 1. The van der Waals surface area contributed by atoms with E-state index in [4.69, 9.17) is 0 Å². The molecule has 0 atom stereocenters. The van der Waals surface area contributed by atoms with Crippen LogP contribution >= 0.6 is 0 Å². The van der Waals surface area contributed by atoms with E-state index in [2.05, 4.69) is 5.32 Å². The third-order valence-corrected chi connectivity index (χ3v) is 5.58. The van der Waals surface area contributed by atoms with E-state index < -0.39 is 0 Å². The number of hydrogen-bond donors (Lipinski definition) is 1. The molecule has 0 aromatic heterocycles. The Hall–Kier alpha value is -1.91. The summed E-state index contributed by atoms with van der Waals surface area (Å²) in [6, 6.07) is 5.03. The van der Waals surface area contributed by atoms with E-state index >= 15 is 0 Å². The first-order valence-electron chi connectivity index (χ1n) is 9.36. The Morgan fingerprint density at radius 3 is 2.44 bits per heavy atom. The Kier molecular flexibility index (Phi) is 5.71. The number of aryl methyl sites for hydroxylation is 1. The van der Waals surface area contributed by atoms with Crippen molar-refractivity contribution in [1.82, 2.24) is 10.2 Å². The van der Waals surface area contributed by atoms with Crippen LogP contribution in [0.3, 0.4) is 0 Å². The molecular formula is C20H27FN2O2. The molecule has 0 spiro atoms. The van der Waals surface area contributed by atoms with Crippen LogP contribution in [-0.4, -0.2) is 29.8 Å². The van der Waals surface area contributed by atoms with Gasteiger partial charge in [0.25, 0.3) is 0 Å². The Morgan fingerprint density at radius 1 is 1.12 bits per heavy atom. The highest BCUT2D eigenvalue weighted by atomic mass is 19.1. The number of hydrogen-bond acceptors (Lipinski definition) is 2. The van der Waals surface area contributed by atoms with Crippen LogP contribution in [0.1, 0.15) is 49.7 Å². The molecule has 1 heterocycles. The van der Waals surface area contributed by atoms with Gasteiger partial charge in [0.1, 0.15) is 5.82 Å². The van der Waals surface area contributed by atoms with E-state index in [0.29, 0.717) is 38.0 Å². The number of carbonyl (C=O) groups is 2. The fourth-order valence-corrected chi connectivity index (χ4v) is 3.87. The van der Waals surface area contributed by atoms with Crippen LogP contribution in [0, 0.1) is 24.6 Å². The first-order valence-corrected chi connectivity index (χ1v) is 9.36. The molecule has 2 fully saturated rings. The first-order chi connectivity index (χ1) is 12.0. The van der Waals surface area contributed by atoms with Crippen molar-refractivity contribution >= 4 is 11.8 Å². The fourth-order valence-electron chi connectivity index (χ4n) is 3.87. The predicted octanol–water partition coefficient (Wildman–Crippen LogP) is 3.18. The van der Waals surface area contributed by atoms with Gasteiger partial charge in [0, 0.05) is 31.5 Å². The lowest BCUT2D eigenvalue weighted by atomic mass is 9.94. The molecule has 0 radical (unpaired) electrons. The van der Waals surface area contributed by atoms with Crippen LogP contribution in [0.5, 0.6) is 0 Å². The van der Waals surface area contributed by atoms with Crippen molar-refractivity contribution in [3.8, 4) is 0 Å². The van der Waals surface area contributed by atoms with Crippen LogP contribution in [0.4, 0.5) is 4.39 Å². The number of halogens is 1. The van der Waals surface area contributed by atoms with Crippen LogP contribution in [-0.2, 0) is 16.1 Å². The molecule has 1 aliphatic carbocycles. The number of nitrogens with one attached hydrogen (secondary N) is 1. The number of benzene rings is 1. The number of amides is 2. The molecule has 3 rings (SSSR count). The summed E-state index contributed by atoms with van der Waals surface area (Å²) in [7, 11) is 0. The van der Waals surface area contributed by atoms with Crippen molar-refractivity contribution in [1.29, 1.82) is 0 Å². The van der Waals surface area contributed by atoms with Gasteiger partial charge < -0.3 is 10.2 Å². The van der Waals surface area contributed by atoms with Gasteiger partial charge in [-0.15, -0.1) is 0 Å². The summed E-state index contributed by atoms with van der Waals surface area (Å²) < 4.78 is 13.6. The van der Waals surface area contributed by atoms with Gasteiger partial charge in [0.2, 0.25) is 11.8 Å². The predicted molar refractivity (Wildman–Crippen MR) is 94.2 cm³/mol. The van der Waals surface area contributed by atoms with Gasteiger partial charge in [-0.25, -0.2) is 4.39 Å². The highest BCUT2D eigenvalue weighted by molar-refractivity contribution is 5.81. The smallest absolute Gasteiger partial charge is 0.225 e. The van der Waals surface area contributed by atoms with E-state index in [-0.39, 0.29) is 29.5 Å². The van der Waals surface area contributed by atoms with Gasteiger partial charge in [0.05, 0.1) is 0 Å². The Balaban J connectivity index is 1.44. The molecule has 4 nitrogen and oxygen atoms in total. The third kappa shape index (κ3) is 4.39. The average molecular weight is 346 g/mol. The molecule has 2 aliphatic rings. The van der Waals surface area contributed by atoms with E-state index in [9.17, 15) is 14.0 Å². The highest BCUT2D eigenvalue weighted by Gasteiger charge is 2.31. The molecular weight excluding hydrogens is 319 g/mol. The summed E-state index contributed by atoms with van der Waals surface area (Å²) in [6.45, 7) is 3.41. The van der Waals surface area contributed by atoms with Crippen molar-refractivity contribution in [2.24, 2.45) is 11.8 Å². The molecule has 1 aliphatic heterocycles. The zero-order valence-corrected chi connectivity index (χ0v) is 14.9. The second-order valence-electron chi connectivity index (χ2n) is 7.38. The van der Waals surface area contributed by atoms with Gasteiger partial charge in [-0.05, 0) is 49.8 Å². The molecule has 1 aromatic rings. The molecule has 0 unspecified atom stereocenters. The lowest BCUT2D eigenvalue weighted by Crippen LogP contribution is -2.44. The zero-order valence-electron chi connectivity index (χ0n) is 14.9. The largest absolute Gasteiger partial charge is 0.352 e. The molecule has 2 amide bonds. The van der Waals surface area contributed by atoms with Gasteiger partial charge in [-0.1, -0.05) is 25.0 Å². The minimum absolute atomic E-state index is 0.00829. The van der Waals surface area contributed by atoms with Crippen LogP contribution in [0.15, 0.2) is 18.2 Å². The third-order valence-electron chi connectivity index (χ3n) is 5.58. The summed E-state index contributed by atoms with van der Waals surface area (Å²) in [5, 5.41) is 2.91. The second kappa shape index (κ2) is 7.98. The normalized spacial score (nSPS) is 19.2. The van der Waals surface area contributed by atoms with Gasteiger partial charge in [0.15, 0.2) is 0 Å². The number of rotatable bonds is 4. The SMILES string of the molecule is Cc1ccc(CNC(=O)C2CCN(C(=O)C3CCCC3)CC2)cc1F. The van der Waals surface area contributed by atoms with Crippen molar-refractivity contribution in [3.05, 3.63) is 35.1 Å². The standard InChI is InChI=1S/C20H27FN2O2/c1-14-6-7-15(12-18(14)21)13-22-19(24)16-8-10-23(11-9-16)20(25)17-4-2-3-5-17/h6-7,12,16-17H,2-5,8-11,13H2,1H3,(H,22,24). The van der Waals surface area contributed by atoms with Crippen molar-refractivity contribution in [3.63, 3.8) is 0 Å². The first kappa shape index (κ1) is 17.9. The average Bonchev–Trinajstić information content (AvgIpc) is 3.16. The maximum absolute atomic E-state index is 13.6. The summed E-state index contributed by atoms with van der Waals surface area (Å²) in [6.07, 6.45) is 5.79.